The lowest BCUT2D eigenvalue weighted by molar-refractivity contribution is 0.0952. The van der Waals surface area contributed by atoms with Gasteiger partial charge >= 0.3 is 0 Å². The third-order valence-electron chi connectivity index (χ3n) is 3.71. The van der Waals surface area contributed by atoms with E-state index in [0.717, 1.165) is 23.0 Å². The molecule has 1 amide bonds. The van der Waals surface area contributed by atoms with Crippen molar-refractivity contribution in [2.75, 3.05) is 6.54 Å². The summed E-state index contributed by atoms with van der Waals surface area (Å²) in [6.45, 7) is 0.695. The Labute approximate surface area is 146 Å². The van der Waals surface area contributed by atoms with E-state index in [0.29, 0.717) is 29.6 Å². The lowest BCUT2D eigenvalue weighted by Crippen LogP contribution is -2.31. The van der Waals surface area contributed by atoms with Crippen LogP contribution in [0.3, 0.4) is 0 Å². The van der Waals surface area contributed by atoms with E-state index in [-0.39, 0.29) is 11.5 Å². The van der Waals surface area contributed by atoms with Gasteiger partial charge in [-0.1, -0.05) is 27.5 Å². The predicted molar refractivity (Wildman–Crippen MR) is 92.0 cm³/mol. The Morgan fingerprint density at radius 2 is 2.17 bits per heavy atom. The number of hydrogen-bond donors (Lipinski definition) is 1. The quantitative estimate of drug-likeness (QED) is 0.845. The average Bonchev–Trinajstić information content (AvgIpc) is 3.36. The Balaban J connectivity index is 1.59. The number of carbonyl (C=O) groups excluding carboxylic acids is 1. The number of carbonyl (C=O) groups is 1. The van der Waals surface area contributed by atoms with Crippen LogP contribution in [-0.4, -0.2) is 22.0 Å². The minimum Gasteiger partial charge on any atom is -0.350 e. The van der Waals surface area contributed by atoms with Crippen molar-refractivity contribution in [3.63, 3.8) is 0 Å². The zero-order valence-corrected chi connectivity index (χ0v) is 14.6. The van der Waals surface area contributed by atoms with Crippen molar-refractivity contribution in [3.8, 4) is 0 Å². The molecule has 1 heterocycles. The molecule has 1 aromatic carbocycles. The fourth-order valence-corrected chi connectivity index (χ4v) is 2.83. The lowest BCUT2D eigenvalue weighted by Gasteiger charge is -2.09. The van der Waals surface area contributed by atoms with Gasteiger partial charge in [0.2, 0.25) is 0 Å². The van der Waals surface area contributed by atoms with Crippen LogP contribution in [0.1, 0.15) is 34.8 Å². The maximum atomic E-state index is 12.1. The molecule has 2 aromatic rings. The van der Waals surface area contributed by atoms with Crippen LogP contribution in [0.15, 0.2) is 39.9 Å². The standard InChI is InChI=1S/C16H15BrClN3O2/c17-11-3-4-13(18)12(7-11)16(23)19-5-6-21-9-20-14(8-15(21)22)10-1-2-10/h3-4,7-10H,1-2,5-6H2,(H,19,23). The molecule has 1 fully saturated rings. The van der Waals surface area contributed by atoms with Crippen LogP contribution >= 0.6 is 27.5 Å². The predicted octanol–water partition coefficient (Wildman–Crippen LogP) is 2.97. The largest absolute Gasteiger partial charge is 0.350 e. The van der Waals surface area contributed by atoms with E-state index in [1.807, 2.05) is 0 Å². The monoisotopic (exact) mass is 395 g/mol. The molecule has 0 bridgehead atoms. The minimum absolute atomic E-state index is 0.0864. The zero-order valence-electron chi connectivity index (χ0n) is 12.3. The summed E-state index contributed by atoms with van der Waals surface area (Å²) in [6, 6.07) is 6.68. The summed E-state index contributed by atoms with van der Waals surface area (Å²) in [4.78, 5) is 28.4. The van der Waals surface area contributed by atoms with Crippen molar-refractivity contribution in [2.24, 2.45) is 0 Å². The summed E-state index contributed by atoms with van der Waals surface area (Å²) in [6.07, 6.45) is 3.77. The van der Waals surface area contributed by atoms with Crippen molar-refractivity contribution >= 4 is 33.4 Å². The number of nitrogens with one attached hydrogen (secondary N) is 1. The highest BCUT2D eigenvalue weighted by Crippen LogP contribution is 2.38. The second-order valence-electron chi connectivity index (χ2n) is 5.50. The summed E-state index contributed by atoms with van der Waals surface area (Å²) < 4.78 is 2.28. The molecular weight excluding hydrogens is 382 g/mol. The van der Waals surface area contributed by atoms with Crippen molar-refractivity contribution in [1.82, 2.24) is 14.9 Å². The molecule has 1 aliphatic rings. The number of halogens is 2. The van der Waals surface area contributed by atoms with Crippen LogP contribution in [-0.2, 0) is 6.54 Å². The van der Waals surface area contributed by atoms with Gasteiger partial charge in [-0.05, 0) is 31.0 Å². The maximum Gasteiger partial charge on any atom is 0.253 e. The Kier molecular flexibility index (Phi) is 4.82. The molecule has 0 atom stereocenters. The molecule has 23 heavy (non-hydrogen) atoms. The topological polar surface area (TPSA) is 64.0 Å². The van der Waals surface area contributed by atoms with Gasteiger partial charge in [-0.25, -0.2) is 4.98 Å². The molecule has 120 valence electrons. The number of amides is 1. The van der Waals surface area contributed by atoms with Crippen LogP contribution in [0.25, 0.3) is 0 Å². The Morgan fingerprint density at radius 3 is 2.87 bits per heavy atom. The molecule has 0 unspecified atom stereocenters. The molecule has 0 spiro atoms. The van der Waals surface area contributed by atoms with Gasteiger partial charge in [0.05, 0.1) is 22.6 Å². The highest BCUT2D eigenvalue weighted by atomic mass is 79.9. The number of aromatic nitrogens is 2. The molecule has 1 aromatic heterocycles. The van der Waals surface area contributed by atoms with E-state index in [2.05, 4.69) is 26.2 Å². The van der Waals surface area contributed by atoms with Gasteiger partial charge in [0.25, 0.3) is 11.5 Å². The summed E-state index contributed by atoms with van der Waals surface area (Å²) >= 11 is 9.33. The molecule has 3 rings (SSSR count). The van der Waals surface area contributed by atoms with Gasteiger partial charge in [0.15, 0.2) is 0 Å². The Bertz CT molecular complexity index is 802. The number of nitrogens with zero attached hydrogens (tertiary/aromatic N) is 2. The highest BCUT2D eigenvalue weighted by molar-refractivity contribution is 9.10. The second kappa shape index (κ2) is 6.84. The molecule has 0 radical (unpaired) electrons. The van der Waals surface area contributed by atoms with Crippen LogP contribution in [0.5, 0.6) is 0 Å². The van der Waals surface area contributed by atoms with E-state index in [1.165, 1.54) is 4.57 Å². The first-order chi connectivity index (χ1) is 11.0. The third-order valence-corrected chi connectivity index (χ3v) is 4.53. The van der Waals surface area contributed by atoms with Gasteiger partial charge in [-0.2, -0.15) is 0 Å². The van der Waals surface area contributed by atoms with E-state index in [1.54, 1.807) is 30.6 Å². The first-order valence-corrected chi connectivity index (χ1v) is 8.51. The summed E-state index contributed by atoms with van der Waals surface area (Å²) in [5.41, 5.74) is 1.18. The van der Waals surface area contributed by atoms with E-state index < -0.39 is 0 Å². The molecule has 1 saturated carbocycles. The molecule has 5 nitrogen and oxygen atoms in total. The first kappa shape index (κ1) is 16.2. The van der Waals surface area contributed by atoms with Gasteiger partial charge in [-0.3, -0.25) is 14.2 Å². The highest BCUT2D eigenvalue weighted by Gasteiger charge is 2.25. The van der Waals surface area contributed by atoms with Crippen LogP contribution in [0.2, 0.25) is 5.02 Å². The SMILES string of the molecule is O=C(NCCn1cnc(C2CC2)cc1=O)c1cc(Br)ccc1Cl. The molecule has 1 aliphatic carbocycles. The Hall–Kier alpha value is -1.66. The van der Waals surface area contributed by atoms with E-state index in [9.17, 15) is 9.59 Å². The summed E-state index contributed by atoms with van der Waals surface area (Å²) in [7, 11) is 0. The fourth-order valence-electron chi connectivity index (χ4n) is 2.27. The summed E-state index contributed by atoms with van der Waals surface area (Å²) in [5, 5.41) is 3.15. The first-order valence-electron chi connectivity index (χ1n) is 7.34. The van der Waals surface area contributed by atoms with E-state index in [4.69, 9.17) is 11.6 Å². The Morgan fingerprint density at radius 1 is 1.39 bits per heavy atom. The average molecular weight is 397 g/mol. The van der Waals surface area contributed by atoms with Crippen LogP contribution in [0, 0.1) is 0 Å². The van der Waals surface area contributed by atoms with Crippen molar-refractivity contribution < 1.29 is 4.79 Å². The zero-order chi connectivity index (χ0) is 16.4. The molecule has 1 N–H and O–H groups in total. The second-order valence-corrected chi connectivity index (χ2v) is 6.82. The molecular formula is C16H15BrClN3O2. The van der Waals surface area contributed by atoms with Gasteiger partial charge in [-0.15, -0.1) is 0 Å². The minimum atomic E-state index is -0.271. The molecule has 0 aliphatic heterocycles. The van der Waals surface area contributed by atoms with E-state index >= 15 is 0 Å². The normalized spacial score (nSPS) is 13.8. The fraction of sp³-hybridized carbons (Fsp3) is 0.312. The van der Waals surface area contributed by atoms with Gasteiger partial charge in [0, 0.05) is 29.5 Å². The van der Waals surface area contributed by atoms with Crippen LogP contribution < -0.4 is 10.9 Å². The molecule has 7 heteroatoms. The van der Waals surface area contributed by atoms with Crippen molar-refractivity contribution in [1.29, 1.82) is 0 Å². The number of rotatable bonds is 5. The van der Waals surface area contributed by atoms with Gasteiger partial charge in [0.1, 0.15) is 0 Å². The lowest BCUT2D eigenvalue weighted by atomic mass is 10.2. The molecule has 0 saturated heterocycles. The van der Waals surface area contributed by atoms with Crippen molar-refractivity contribution in [3.05, 3.63) is 61.7 Å². The maximum absolute atomic E-state index is 12.1. The van der Waals surface area contributed by atoms with Crippen LogP contribution in [0.4, 0.5) is 0 Å². The third kappa shape index (κ3) is 4.00. The smallest absolute Gasteiger partial charge is 0.253 e. The summed E-state index contributed by atoms with van der Waals surface area (Å²) in [5.74, 6) is 0.183. The van der Waals surface area contributed by atoms with Gasteiger partial charge < -0.3 is 5.32 Å². The number of hydrogen-bond acceptors (Lipinski definition) is 3. The number of benzene rings is 1. The van der Waals surface area contributed by atoms with Crippen molar-refractivity contribution in [2.45, 2.75) is 25.3 Å².